The van der Waals surface area contributed by atoms with Crippen molar-refractivity contribution in [2.75, 3.05) is 19.0 Å². The van der Waals surface area contributed by atoms with Crippen LogP contribution in [0, 0.1) is 0 Å². The normalized spacial score (nSPS) is 9.85. The Bertz CT molecular complexity index is 579. The van der Waals surface area contributed by atoms with Gasteiger partial charge in [-0.25, -0.2) is 0 Å². The molecule has 0 saturated carbocycles. The third-order valence-electron chi connectivity index (χ3n) is 2.53. The summed E-state index contributed by atoms with van der Waals surface area (Å²) >= 11 is 1.33. The second-order valence-electron chi connectivity index (χ2n) is 3.94. The average molecular weight is 290 g/mol. The fraction of sp³-hybridized carbons (Fsp3) is 0.143. The van der Waals surface area contributed by atoms with Crippen LogP contribution in [-0.2, 0) is 4.79 Å². The molecule has 5 nitrogen and oxygen atoms in total. The van der Waals surface area contributed by atoms with Gasteiger partial charge in [0.15, 0.2) is 0 Å². The van der Waals surface area contributed by atoms with E-state index in [2.05, 4.69) is 10.6 Å². The summed E-state index contributed by atoms with van der Waals surface area (Å²) in [5, 5.41) is 7.06. The Morgan fingerprint density at radius 3 is 2.55 bits per heavy atom. The molecule has 1 heterocycles. The smallest absolute Gasteiger partial charge is 0.261 e. The summed E-state index contributed by atoms with van der Waals surface area (Å²) in [6.07, 6.45) is 0. The average Bonchev–Trinajstić information content (AvgIpc) is 3.00. The summed E-state index contributed by atoms with van der Waals surface area (Å²) in [6, 6.07) is 10.5. The summed E-state index contributed by atoms with van der Waals surface area (Å²) < 4.78 is 5.03. The number of thiophene rings is 1. The SMILES string of the molecule is COc1ccc(NC(=O)CNC(=O)c2cccs2)cc1. The van der Waals surface area contributed by atoms with E-state index in [4.69, 9.17) is 4.74 Å². The fourth-order valence-electron chi connectivity index (χ4n) is 1.53. The number of carbonyl (C=O) groups excluding carboxylic acids is 2. The number of hydrogen-bond donors (Lipinski definition) is 2. The van der Waals surface area contributed by atoms with Crippen LogP contribution in [0.1, 0.15) is 9.67 Å². The van der Waals surface area contributed by atoms with Crippen LogP contribution in [0.4, 0.5) is 5.69 Å². The van der Waals surface area contributed by atoms with Crippen LogP contribution in [0.2, 0.25) is 0 Å². The van der Waals surface area contributed by atoms with Crippen molar-refractivity contribution in [3.8, 4) is 5.75 Å². The van der Waals surface area contributed by atoms with E-state index in [9.17, 15) is 9.59 Å². The molecule has 2 rings (SSSR count). The van der Waals surface area contributed by atoms with Crippen molar-refractivity contribution >= 4 is 28.8 Å². The Labute approximate surface area is 120 Å². The van der Waals surface area contributed by atoms with Gasteiger partial charge >= 0.3 is 0 Å². The van der Waals surface area contributed by atoms with Gasteiger partial charge in [-0.3, -0.25) is 9.59 Å². The molecule has 0 bridgehead atoms. The van der Waals surface area contributed by atoms with Gasteiger partial charge in [0.1, 0.15) is 5.75 Å². The van der Waals surface area contributed by atoms with Crippen LogP contribution in [0.15, 0.2) is 41.8 Å². The molecule has 0 unspecified atom stereocenters. The highest BCUT2D eigenvalue weighted by atomic mass is 32.1. The summed E-state index contributed by atoms with van der Waals surface area (Å²) in [5.74, 6) is 0.193. The summed E-state index contributed by atoms with van der Waals surface area (Å²) in [5.41, 5.74) is 0.654. The molecule has 6 heteroatoms. The topological polar surface area (TPSA) is 67.4 Å². The lowest BCUT2D eigenvalue weighted by Crippen LogP contribution is -2.32. The molecule has 0 saturated heterocycles. The lowest BCUT2D eigenvalue weighted by Gasteiger charge is -2.07. The second kappa shape index (κ2) is 6.72. The molecular weight excluding hydrogens is 276 g/mol. The third kappa shape index (κ3) is 3.83. The van der Waals surface area contributed by atoms with E-state index >= 15 is 0 Å². The van der Waals surface area contributed by atoms with Gasteiger partial charge in [0.2, 0.25) is 5.91 Å². The number of ether oxygens (including phenoxy) is 1. The molecule has 2 N–H and O–H groups in total. The standard InChI is InChI=1S/C14H14N2O3S/c1-19-11-6-4-10(5-7-11)16-13(17)9-15-14(18)12-3-2-8-20-12/h2-8H,9H2,1H3,(H,15,18)(H,16,17). The molecule has 0 atom stereocenters. The number of amides is 2. The molecule has 20 heavy (non-hydrogen) atoms. The third-order valence-corrected chi connectivity index (χ3v) is 3.40. The number of nitrogens with one attached hydrogen (secondary N) is 2. The minimum Gasteiger partial charge on any atom is -0.497 e. The van der Waals surface area contributed by atoms with Gasteiger partial charge in [-0.15, -0.1) is 11.3 Å². The first kappa shape index (κ1) is 14.1. The van der Waals surface area contributed by atoms with Crippen molar-refractivity contribution in [1.29, 1.82) is 0 Å². The molecule has 0 aliphatic carbocycles. The molecule has 0 aliphatic rings. The predicted octanol–water partition coefficient (Wildman–Crippen LogP) is 2.13. The highest BCUT2D eigenvalue weighted by Gasteiger charge is 2.08. The Kier molecular flexibility index (Phi) is 4.73. The Hall–Kier alpha value is -2.34. The zero-order valence-corrected chi connectivity index (χ0v) is 11.7. The van der Waals surface area contributed by atoms with Gasteiger partial charge < -0.3 is 15.4 Å². The Morgan fingerprint density at radius 2 is 1.95 bits per heavy atom. The molecule has 2 amide bonds. The van der Waals surface area contributed by atoms with Crippen molar-refractivity contribution in [2.45, 2.75) is 0 Å². The first-order chi connectivity index (χ1) is 9.69. The second-order valence-corrected chi connectivity index (χ2v) is 4.88. The summed E-state index contributed by atoms with van der Waals surface area (Å²) in [7, 11) is 1.58. The zero-order valence-electron chi connectivity index (χ0n) is 10.9. The van der Waals surface area contributed by atoms with Crippen molar-refractivity contribution < 1.29 is 14.3 Å². The minimum atomic E-state index is -0.278. The summed E-state index contributed by atoms with van der Waals surface area (Å²) in [6.45, 7) is -0.0667. The monoisotopic (exact) mass is 290 g/mol. The van der Waals surface area contributed by atoms with Crippen LogP contribution >= 0.6 is 11.3 Å². The zero-order chi connectivity index (χ0) is 14.4. The molecule has 1 aromatic carbocycles. The van der Waals surface area contributed by atoms with E-state index < -0.39 is 0 Å². The van der Waals surface area contributed by atoms with Crippen molar-refractivity contribution in [3.63, 3.8) is 0 Å². The van der Waals surface area contributed by atoms with E-state index in [1.54, 1.807) is 43.5 Å². The van der Waals surface area contributed by atoms with E-state index in [1.165, 1.54) is 11.3 Å². The number of hydrogen-bond acceptors (Lipinski definition) is 4. The van der Waals surface area contributed by atoms with Crippen LogP contribution in [-0.4, -0.2) is 25.5 Å². The lowest BCUT2D eigenvalue weighted by molar-refractivity contribution is -0.115. The van der Waals surface area contributed by atoms with Gasteiger partial charge in [0.05, 0.1) is 18.5 Å². The van der Waals surface area contributed by atoms with E-state index in [-0.39, 0.29) is 18.4 Å². The predicted molar refractivity (Wildman–Crippen MR) is 78.3 cm³/mol. The van der Waals surface area contributed by atoms with Gasteiger partial charge in [-0.1, -0.05) is 6.07 Å². The number of benzene rings is 1. The van der Waals surface area contributed by atoms with Crippen molar-refractivity contribution in [3.05, 3.63) is 46.7 Å². The highest BCUT2D eigenvalue weighted by molar-refractivity contribution is 7.12. The summed E-state index contributed by atoms with van der Waals surface area (Å²) in [4.78, 5) is 23.9. The van der Waals surface area contributed by atoms with Crippen LogP contribution < -0.4 is 15.4 Å². The number of carbonyl (C=O) groups is 2. The lowest BCUT2D eigenvalue weighted by atomic mass is 10.3. The van der Waals surface area contributed by atoms with Crippen LogP contribution in [0.25, 0.3) is 0 Å². The molecule has 104 valence electrons. The Morgan fingerprint density at radius 1 is 1.20 bits per heavy atom. The van der Waals surface area contributed by atoms with Gasteiger partial charge in [-0.05, 0) is 35.7 Å². The van der Waals surface area contributed by atoms with Gasteiger partial charge in [0, 0.05) is 5.69 Å². The molecule has 1 aromatic heterocycles. The van der Waals surface area contributed by atoms with Crippen molar-refractivity contribution in [2.24, 2.45) is 0 Å². The van der Waals surface area contributed by atoms with Crippen molar-refractivity contribution in [1.82, 2.24) is 5.32 Å². The molecule has 2 aromatic rings. The molecule has 0 fully saturated rings. The number of rotatable bonds is 5. The van der Waals surface area contributed by atoms with Crippen LogP contribution in [0.3, 0.4) is 0 Å². The quantitative estimate of drug-likeness (QED) is 0.886. The van der Waals surface area contributed by atoms with E-state index in [0.29, 0.717) is 16.3 Å². The van der Waals surface area contributed by atoms with E-state index in [0.717, 1.165) is 0 Å². The minimum absolute atomic E-state index is 0.0667. The fourth-order valence-corrected chi connectivity index (χ4v) is 2.18. The van der Waals surface area contributed by atoms with Crippen LogP contribution in [0.5, 0.6) is 5.75 Å². The number of anilines is 1. The van der Waals surface area contributed by atoms with E-state index in [1.807, 2.05) is 5.38 Å². The number of methoxy groups -OCH3 is 1. The first-order valence-corrected chi connectivity index (χ1v) is 6.82. The Balaban J connectivity index is 1.81. The largest absolute Gasteiger partial charge is 0.497 e. The molecule has 0 spiro atoms. The highest BCUT2D eigenvalue weighted by Crippen LogP contribution is 2.14. The maximum atomic E-state index is 11.7. The van der Waals surface area contributed by atoms with Gasteiger partial charge in [-0.2, -0.15) is 0 Å². The molecule has 0 radical (unpaired) electrons. The maximum absolute atomic E-state index is 11.7. The molecular formula is C14H14N2O3S. The van der Waals surface area contributed by atoms with Gasteiger partial charge in [0.25, 0.3) is 5.91 Å². The maximum Gasteiger partial charge on any atom is 0.261 e. The first-order valence-electron chi connectivity index (χ1n) is 5.94. The molecule has 0 aliphatic heterocycles.